The van der Waals surface area contributed by atoms with Crippen molar-refractivity contribution < 1.29 is 18.0 Å². The van der Waals surface area contributed by atoms with Gasteiger partial charge < -0.3 is 0 Å². The minimum absolute atomic E-state index is 0.0430. The Morgan fingerprint density at radius 1 is 1.04 bits per heavy atom. The summed E-state index contributed by atoms with van der Waals surface area (Å²) in [4.78, 5) is 25.9. The lowest BCUT2D eigenvalue weighted by atomic mass is 9.69. The molecule has 1 aliphatic carbocycles. The van der Waals surface area contributed by atoms with E-state index in [2.05, 4.69) is 11.8 Å². The summed E-state index contributed by atoms with van der Waals surface area (Å²) in [7, 11) is -3.18. The van der Waals surface area contributed by atoms with E-state index < -0.39 is 15.9 Å². The van der Waals surface area contributed by atoms with Crippen LogP contribution in [0.15, 0.2) is 12.1 Å². The third-order valence-electron chi connectivity index (χ3n) is 6.02. The molecule has 5 nitrogen and oxygen atoms in total. The van der Waals surface area contributed by atoms with Gasteiger partial charge in [0.05, 0.1) is 5.75 Å². The highest BCUT2D eigenvalue weighted by Gasteiger charge is 2.45. The van der Waals surface area contributed by atoms with Crippen molar-refractivity contribution in [1.29, 1.82) is 0 Å². The molecule has 1 aromatic rings. The molecule has 0 radical (unpaired) electrons. The van der Waals surface area contributed by atoms with Crippen molar-refractivity contribution in [3.8, 4) is 11.8 Å². The van der Waals surface area contributed by atoms with Gasteiger partial charge in [-0.25, -0.2) is 12.7 Å². The lowest BCUT2D eigenvalue weighted by Crippen LogP contribution is -2.54. The highest BCUT2D eigenvalue weighted by atomic mass is 32.2. The molecular weight excluding hydrogens is 374 g/mol. The predicted octanol–water partition coefficient (Wildman–Crippen LogP) is 2.59. The number of carbonyl (C=O) groups is 2. The Balaban J connectivity index is 1.76. The van der Waals surface area contributed by atoms with Crippen LogP contribution in [0.25, 0.3) is 0 Å². The molecule has 6 heteroatoms. The van der Waals surface area contributed by atoms with Gasteiger partial charge in [-0.2, -0.15) is 0 Å². The highest BCUT2D eigenvalue weighted by Crippen LogP contribution is 2.40. The SMILES string of the molecule is CC#Cc1cc(C)c(C2C(=O)CC(C3CN(S(=O)(=O)CC)C3)CC2=O)c(C)c1. The van der Waals surface area contributed by atoms with Gasteiger partial charge in [0, 0.05) is 31.5 Å². The van der Waals surface area contributed by atoms with Crippen LogP contribution in [-0.2, 0) is 19.6 Å². The Labute approximate surface area is 167 Å². The zero-order valence-corrected chi connectivity index (χ0v) is 17.7. The van der Waals surface area contributed by atoms with Gasteiger partial charge in [0.1, 0.15) is 17.5 Å². The first-order chi connectivity index (χ1) is 13.2. The summed E-state index contributed by atoms with van der Waals surface area (Å²) in [5.74, 6) is 5.25. The second kappa shape index (κ2) is 7.81. The number of hydrogen-bond donors (Lipinski definition) is 0. The standard InChI is InChI=1S/C22H27NO4S/c1-5-7-16-8-14(3)21(15(4)9-16)22-19(24)10-17(11-20(22)25)18-12-23(13-18)28(26,27)6-2/h8-9,17-18,22H,6,10-13H2,1-4H3. The zero-order chi connectivity index (χ0) is 20.6. The third kappa shape index (κ3) is 3.78. The summed E-state index contributed by atoms with van der Waals surface area (Å²) in [6.07, 6.45) is 0.687. The lowest BCUT2D eigenvalue weighted by molar-refractivity contribution is -0.135. The first-order valence-electron chi connectivity index (χ1n) is 9.75. The van der Waals surface area contributed by atoms with E-state index in [1.54, 1.807) is 13.8 Å². The van der Waals surface area contributed by atoms with Gasteiger partial charge >= 0.3 is 0 Å². The van der Waals surface area contributed by atoms with Crippen LogP contribution in [0.2, 0.25) is 0 Å². The van der Waals surface area contributed by atoms with Gasteiger partial charge in [0.25, 0.3) is 0 Å². The average molecular weight is 402 g/mol. The van der Waals surface area contributed by atoms with Crippen LogP contribution < -0.4 is 0 Å². The Morgan fingerprint density at radius 2 is 1.57 bits per heavy atom. The van der Waals surface area contributed by atoms with Crippen molar-refractivity contribution in [2.24, 2.45) is 11.8 Å². The van der Waals surface area contributed by atoms with E-state index in [9.17, 15) is 18.0 Å². The van der Waals surface area contributed by atoms with Crippen LogP contribution >= 0.6 is 0 Å². The Kier molecular flexibility index (Phi) is 5.79. The number of aryl methyl sites for hydroxylation is 2. The summed E-state index contributed by atoms with van der Waals surface area (Å²) in [5, 5.41) is 0. The molecule has 1 aromatic carbocycles. The van der Waals surface area contributed by atoms with Crippen LogP contribution in [0.1, 0.15) is 54.9 Å². The molecule has 1 saturated heterocycles. The maximum absolute atomic E-state index is 12.9. The molecule has 0 unspecified atom stereocenters. The van der Waals surface area contributed by atoms with Gasteiger partial charge in [-0.15, -0.1) is 5.92 Å². The average Bonchev–Trinajstić information content (AvgIpc) is 2.55. The van der Waals surface area contributed by atoms with Gasteiger partial charge in [-0.1, -0.05) is 5.92 Å². The summed E-state index contributed by atoms with van der Waals surface area (Å²) in [5.41, 5.74) is 3.55. The number of hydrogen-bond acceptors (Lipinski definition) is 4. The number of carbonyl (C=O) groups excluding carboxylic acids is 2. The number of ketones is 2. The monoisotopic (exact) mass is 401 g/mol. The maximum atomic E-state index is 12.9. The smallest absolute Gasteiger partial charge is 0.213 e. The van der Waals surface area contributed by atoms with Crippen molar-refractivity contribution in [2.75, 3.05) is 18.8 Å². The third-order valence-corrected chi connectivity index (χ3v) is 7.84. The zero-order valence-electron chi connectivity index (χ0n) is 16.9. The molecule has 2 fully saturated rings. The molecule has 0 bridgehead atoms. The van der Waals surface area contributed by atoms with Crippen LogP contribution in [0.3, 0.4) is 0 Å². The largest absolute Gasteiger partial charge is 0.299 e. The molecule has 1 aliphatic heterocycles. The van der Waals surface area contributed by atoms with E-state index >= 15 is 0 Å². The number of benzene rings is 1. The lowest BCUT2D eigenvalue weighted by Gasteiger charge is -2.43. The molecule has 2 aliphatic rings. The number of rotatable bonds is 4. The van der Waals surface area contributed by atoms with E-state index in [0.29, 0.717) is 25.9 Å². The molecule has 0 N–H and O–H groups in total. The quantitative estimate of drug-likeness (QED) is 0.574. The van der Waals surface area contributed by atoms with Crippen molar-refractivity contribution in [3.63, 3.8) is 0 Å². The van der Waals surface area contributed by atoms with Crippen molar-refractivity contribution in [1.82, 2.24) is 4.31 Å². The molecular formula is C22H27NO4S. The Hall–Kier alpha value is -1.97. The van der Waals surface area contributed by atoms with E-state index in [1.807, 2.05) is 26.0 Å². The molecule has 150 valence electrons. The Morgan fingerprint density at radius 3 is 2.04 bits per heavy atom. The van der Waals surface area contributed by atoms with Gasteiger partial charge in [0.2, 0.25) is 10.0 Å². The van der Waals surface area contributed by atoms with Crippen molar-refractivity contribution in [3.05, 3.63) is 34.4 Å². The van der Waals surface area contributed by atoms with Gasteiger partial charge in [0.15, 0.2) is 0 Å². The molecule has 1 heterocycles. The normalized spacial score (nSPS) is 23.9. The fourth-order valence-corrected chi connectivity index (χ4v) is 5.69. The number of nitrogens with zero attached hydrogens (tertiary/aromatic N) is 1. The van der Waals surface area contributed by atoms with Crippen LogP contribution in [0.4, 0.5) is 0 Å². The van der Waals surface area contributed by atoms with E-state index in [1.165, 1.54) is 4.31 Å². The number of sulfonamides is 1. The fourth-order valence-electron chi connectivity index (χ4n) is 4.48. The summed E-state index contributed by atoms with van der Waals surface area (Å²) < 4.78 is 25.3. The van der Waals surface area contributed by atoms with E-state index in [4.69, 9.17) is 0 Å². The van der Waals surface area contributed by atoms with Crippen LogP contribution in [0.5, 0.6) is 0 Å². The summed E-state index contributed by atoms with van der Waals surface area (Å²) in [6.45, 7) is 8.11. The number of Topliss-reactive ketones (excluding diaryl/α,β-unsaturated/α-hetero) is 2. The van der Waals surface area contributed by atoms with Crippen molar-refractivity contribution >= 4 is 21.6 Å². The first kappa shape index (κ1) is 20.8. The predicted molar refractivity (Wildman–Crippen MR) is 108 cm³/mol. The van der Waals surface area contributed by atoms with Crippen LogP contribution in [0, 0.1) is 37.5 Å². The minimum Gasteiger partial charge on any atom is -0.299 e. The van der Waals surface area contributed by atoms with Gasteiger partial charge in [-0.05, 0) is 68.4 Å². The fraction of sp³-hybridized carbons (Fsp3) is 0.545. The Bertz CT molecular complexity index is 937. The summed E-state index contributed by atoms with van der Waals surface area (Å²) in [6, 6.07) is 3.87. The van der Waals surface area contributed by atoms with Gasteiger partial charge in [-0.3, -0.25) is 9.59 Å². The molecule has 1 saturated carbocycles. The highest BCUT2D eigenvalue weighted by molar-refractivity contribution is 7.89. The van der Waals surface area contributed by atoms with Crippen molar-refractivity contribution in [2.45, 2.75) is 46.5 Å². The topological polar surface area (TPSA) is 71.5 Å². The summed E-state index contributed by atoms with van der Waals surface area (Å²) >= 11 is 0. The molecule has 0 aromatic heterocycles. The molecule has 0 amide bonds. The maximum Gasteiger partial charge on any atom is 0.213 e. The second-order valence-corrected chi connectivity index (χ2v) is 10.2. The minimum atomic E-state index is -3.18. The van der Waals surface area contributed by atoms with E-state index in [0.717, 1.165) is 22.3 Å². The van der Waals surface area contributed by atoms with E-state index in [-0.39, 0.29) is 29.2 Å². The molecule has 0 spiro atoms. The molecule has 0 atom stereocenters. The molecule has 28 heavy (non-hydrogen) atoms. The second-order valence-electron chi connectivity index (χ2n) is 7.91. The first-order valence-corrected chi connectivity index (χ1v) is 11.4. The molecule has 3 rings (SSSR count). The van der Waals surface area contributed by atoms with Crippen LogP contribution in [-0.4, -0.2) is 43.1 Å².